The number of rotatable bonds is 3. The quantitative estimate of drug-likeness (QED) is 0.496. The molecule has 0 aliphatic carbocycles. The second kappa shape index (κ2) is 5.20. The number of fused-ring (bicyclic) bond motifs is 3. The molecule has 0 saturated carbocycles. The Morgan fingerprint density at radius 1 is 1.13 bits per heavy atom. The highest BCUT2D eigenvalue weighted by Crippen LogP contribution is 2.38. The van der Waals surface area contributed by atoms with Crippen LogP contribution in [0.25, 0.3) is 0 Å². The molecule has 0 saturated heterocycles. The summed E-state index contributed by atoms with van der Waals surface area (Å²) in [4.78, 5) is 16.9. The molecule has 7 heteroatoms. The van der Waals surface area contributed by atoms with E-state index < -0.39 is 4.92 Å². The SMILES string of the molecule is O=[N+]([O-])c1ccc(C=NN2C3=NCCN3c3ccccc32)cc1. The van der Waals surface area contributed by atoms with Gasteiger partial charge in [0.05, 0.1) is 29.1 Å². The predicted molar refractivity (Wildman–Crippen MR) is 89.3 cm³/mol. The van der Waals surface area contributed by atoms with Crippen LogP contribution in [0.1, 0.15) is 5.56 Å². The first-order valence-electron chi connectivity index (χ1n) is 7.23. The maximum atomic E-state index is 10.7. The van der Waals surface area contributed by atoms with Gasteiger partial charge in [-0.1, -0.05) is 12.1 Å². The summed E-state index contributed by atoms with van der Waals surface area (Å²) in [6.45, 7) is 1.61. The zero-order chi connectivity index (χ0) is 15.8. The third-order valence-electron chi connectivity index (χ3n) is 3.83. The lowest BCUT2D eigenvalue weighted by atomic mass is 10.2. The number of nitrogens with zero attached hydrogens (tertiary/aromatic N) is 5. The van der Waals surface area contributed by atoms with Crippen LogP contribution in [0.3, 0.4) is 0 Å². The monoisotopic (exact) mass is 307 g/mol. The minimum Gasteiger partial charge on any atom is -0.307 e. The Hall–Kier alpha value is -3.22. The molecule has 0 fully saturated rings. The summed E-state index contributed by atoms with van der Waals surface area (Å²) < 4.78 is 0. The first-order valence-corrected chi connectivity index (χ1v) is 7.23. The molecular weight excluding hydrogens is 294 g/mol. The van der Waals surface area contributed by atoms with Crippen molar-refractivity contribution in [3.8, 4) is 0 Å². The summed E-state index contributed by atoms with van der Waals surface area (Å²) in [5.41, 5.74) is 2.96. The van der Waals surface area contributed by atoms with Crippen molar-refractivity contribution in [1.82, 2.24) is 0 Å². The largest absolute Gasteiger partial charge is 0.307 e. The predicted octanol–water partition coefficient (Wildman–Crippen LogP) is 2.62. The Kier molecular flexibility index (Phi) is 3.04. The van der Waals surface area contributed by atoms with Crippen molar-refractivity contribution in [2.45, 2.75) is 0 Å². The first-order chi connectivity index (χ1) is 11.2. The van der Waals surface area contributed by atoms with Crippen molar-refractivity contribution < 1.29 is 4.92 Å². The van der Waals surface area contributed by atoms with Gasteiger partial charge in [0.25, 0.3) is 5.69 Å². The second-order valence-electron chi connectivity index (χ2n) is 5.23. The van der Waals surface area contributed by atoms with Gasteiger partial charge in [0.15, 0.2) is 0 Å². The van der Waals surface area contributed by atoms with Gasteiger partial charge in [-0.3, -0.25) is 10.1 Å². The fourth-order valence-electron chi connectivity index (χ4n) is 2.74. The number of hydrogen-bond donors (Lipinski definition) is 0. The summed E-state index contributed by atoms with van der Waals surface area (Å²) in [6, 6.07) is 14.3. The van der Waals surface area contributed by atoms with E-state index in [2.05, 4.69) is 21.1 Å². The van der Waals surface area contributed by atoms with Crippen LogP contribution in [0.2, 0.25) is 0 Å². The van der Waals surface area contributed by atoms with Crippen LogP contribution < -0.4 is 9.91 Å². The van der Waals surface area contributed by atoms with Crippen molar-refractivity contribution in [2.75, 3.05) is 23.0 Å². The third kappa shape index (κ3) is 2.22. The number of nitro benzene ring substituents is 1. The molecule has 0 N–H and O–H groups in total. The molecule has 0 bridgehead atoms. The maximum Gasteiger partial charge on any atom is 0.269 e. The van der Waals surface area contributed by atoms with Crippen molar-refractivity contribution in [1.29, 1.82) is 0 Å². The molecule has 2 heterocycles. The number of guanidine groups is 1. The molecule has 0 atom stereocenters. The third-order valence-corrected chi connectivity index (χ3v) is 3.83. The Morgan fingerprint density at radius 2 is 1.87 bits per heavy atom. The van der Waals surface area contributed by atoms with Crippen LogP contribution in [0, 0.1) is 10.1 Å². The molecule has 0 spiro atoms. The van der Waals surface area contributed by atoms with E-state index in [0.29, 0.717) is 0 Å². The number of hydrazone groups is 1. The average molecular weight is 307 g/mol. The molecule has 7 nitrogen and oxygen atoms in total. The van der Waals surface area contributed by atoms with Crippen LogP contribution in [-0.4, -0.2) is 30.2 Å². The van der Waals surface area contributed by atoms with Crippen molar-refractivity contribution >= 4 is 29.2 Å². The number of anilines is 2. The number of nitro groups is 1. The molecule has 2 aromatic carbocycles. The normalized spacial score (nSPS) is 15.7. The smallest absolute Gasteiger partial charge is 0.269 e. The molecule has 0 amide bonds. The average Bonchev–Trinajstić information content (AvgIpc) is 3.15. The molecule has 23 heavy (non-hydrogen) atoms. The lowest BCUT2D eigenvalue weighted by Crippen LogP contribution is -2.32. The number of benzene rings is 2. The van der Waals surface area contributed by atoms with Gasteiger partial charge in [-0.15, -0.1) is 0 Å². The molecule has 114 valence electrons. The number of non-ortho nitro benzene ring substituents is 1. The fraction of sp³-hybridized carbons (Fsp3) is 0.125. The van der Waals surface area contributed by atoms with E-state index in [-0.39, 0.29) is 5.69 Å². The molecule has 2 aromatic rings. The molecule has 0 radical (unpaired) electrons. The summed E-state index contributed by atoms with van der Waals surface area (Å²) in [5.74, 6) is 0.823. The van der Waals surface area contributed by atoms with Gasteiger partial charge >= 0.3 is 0 Å². The highest BCUT2D eigenvalue weighted by atomic mass is 16.6. The van der Waals surface area contributed by atoms with Crippen LogP contribution in [0.4, 0.5) is 17.1 Å². The molecule has 0 unspecified atom stereocenters. The van der Waals surface area contributed by atoms with Gasteiger partial charge in [-0.25, -0.2) is 4.99 Å². The summed E-state index contributed by atoms with van der Waals surface area (Å²) in [5, 5.41) is 17.0. The van der Waals surface area contributed by atoms with E-state index in [1.54, 1.807) is 18.3 Å². The van der Waals surface area contributed by atoms with Crippen LogP contribution in [0.5, 0.6) is 0 Å². The van der Waals surface area contributed by atoms with Crippen LogP contribution in [0.15, 0.2) is 58.6 Å². The summed E-state index contributed by atoms with van der Waals surface area (Å²) >= 11 is 0. The Bertz CT molecular complexity index is 829. The van der Waals surface area contributed by atoms with E-state index in [1.807, 2.05) is 23.2 Å². The number of aliphatic imine (C=N–C) groups is 1. The van der Waals surface area contributed by atoms with Gasteiger partial charge in [-0.05, 0) is 29.8 Å². The van der Waals surface area contributed by atoms with Gasteiger partial charge < -0.3 is 4.90 Å². The van der Waals surface area contributed by atoms with Gasteiger partial charge in [-0.2, -0.15) is 10.1 Å². The molecule has 0 aromatic heterocycles. The van der Waals surface area contributed by atoms with Gasteiger partial charge in [0.2, 0.25) is 5.96 Å². The molecule has 2 aliphatic heterocycles. The Morgan fingerprint density at radius 3 is 2.61 bits per heavy atom. The van der Waals surface area contributed by atoms with Crippen molar-refractivity contribution in [2.24, 2.45) is 10.1 Å². The second-order valence-corrected chi connectivity index (χ2v) is 5.23. The van der Waals surface area contributed by atoms with Crippen LogP contribution in [-0.2, 0) is 0 Å². The zero-order valence-corrected chi connectivity index (χ0v) is 12.2. The Labute approximate surface area is 132 Å². The fourth-order valence-corrected chi connectivity index (χ4v) is 2.74. The lowest BCUT2D eigenvalue weighted by Gasteiger charge is -2.13. The van der Waals surface area contributed by atoms with Crippen molar-refractivity contribution in [3.63, 3.8) is 0 Å². The van der Waals surface area contributed by atoms with Crippen molar-refractivity contribution in [3.05, 3.63) is 64.2 Å². The van der Waals surface area contributed by atoms with E-state index >= 15 is 0 Å². The van der Waals surface area contributed by atoms with E-state index in [1.165, 1.54) is 12.1 Å². The first kappa shape index (κ1) is 13.4. The lowest BCUT2D eigenvalue weighted by molar-refractivity contribution is -0.384. The number of para-hydroxylation sites is 2. The summed E-state index contributed by atoms with van der Waals surface area (Å²) in [7, 11) is 0. The molecular formula is C16H13N5O2. The minimum absolute atomic E-state index is 0.0695. The molecule has 4 rings (SSSR count). The van der Waals surface area contributed by atoms with E-state index in [9.17, 15) is 10.1 Å². The summed E-state index contributed by atoms with van der Waals surface area (Å²) in [6.07, 6.45) is 1.69. The van der Waals surface area contributed by atoms with Gasteiger partial charge in [0.1, 0.15) is 0 Å². The topological polar surface area (TPSA) is 74.3 Å². The minimum atomic E-state index is -0.414. The highest BCUT2D eigenvalue weighted by Gasteiger charge is 2.34. The van der Waals surface area contributed by atoms with Gasteiger partial charge in [0, 0.05) is 18.7 Å². The maximum absolute atomic E-state index is 10.7. The Balaban J connectivity index is 1.64. The van der Waals surface area contributed by atoms with E-state index in [4.69, 9.17) is 0 Å². The standard InChI is InChI=1S/C16H13N5O2/c22-21(23)13-7-5-12(6-8-13)11-18-20-15-4-2-1-3-14(15)19-10-9-17-16(19)20/h1-8,11H,9-10H2. The molecule has 2 aliphatic rings. The zero-order valence-electron chi connectivity index (χ0n) is 12.2. The highest BCUT2D eigenvalue weighted by molar-refractivity contribution is 6.17. The van der Waals surface area contributed by atoms with E-state index in [0.717, 1.165) is 36.0 Å². The van der Waals surface area contributed by atoms with Crippen LogP contribution >= 0.6 is 0 Å². The number of hydrogen-bond acceptors (Lipinski definition) is 6.